The summed E-state index contributed by atoms with van der Waals surface area (Å²) in [4.78, 5) is 63.0. The van der Waals surface area contributed by atoms with E-state index in [1.807, 2.05) is 34.9 Å². The van der Waals surface area contributed by atoms with Gasteiger partial charge in [-0.3, -0.25) is 24.8 Å². The first kappa shape index (κ1) is 53.9. The number of carbonyl (C=O) groups is 3. The third-order valence-electron chi connectivity index (χ3n) is 16.8. The van der Waals surface area contributed by atoms with Gasteiger partial charge < -0.3 is 38.9 Å². The van der Waals surface area contributed by atoms with Gasteiger partial charge in [0.15, 0.2) is 12.6 Å². The number of aryl methyl sites for hydroxylation is 1. The lowest BCUT2D eigenvalue weighted by Crippen LogP contribution is -2.50. The van der Waals surface area contributed by atoms with E-state index in [0.717, 1.165) is 70.8 Å². The van der Waals surface area contributed by atoms with Gasteiger partial charge in [0.2, 0.25) is 5.91 Å². The average molecular weight is 1060 g/mol. The van der Waals surface area contributed by atoms with Crippen LogP contribution >= 0.6 is 0 Å². The summed E-state index contributed by atoms with van der Waals surface area (Å²) in [7, 11) is 1.49. The molecule has 5 fully saturated rings. The number of methoxy groups -OCH3 is 1. The number of ether oxygens (including phenoxy) is 3. The number of amides is 4. The monoisotopic (exact) mass is 1060 g/mol. The van der Waals surface area contributed by atoms with E-state index >= 15 is 8.78 Å². The van der Waals surface area contributed by atoms with Crippen molar-refractivity contribution in [3.8, 4) is 35.4 Å². The molecule has 5 aliphatic rings. The van der Waals surface area contributed by atoms with Crippen LogP contribution in [0.1, 0.15) is 100 Å². The van der Waals surface area contributed by atoms with E-state index in [2.05, 4.69) is 37.9 Å². The third-order valence-corrected chi connectivity index (χ3v) is 16.8. The van der Waals surface area contributed by atoms with Crippen LogP contribution in [-0.4, -0.2) is 151 Å². The Labute approximate surface area is 449 Å². The number of pyridine rings is 1. The molecule has 4 saturated heterocycles. The summed E-state index contributed by atoms with van der Waals surface area (Å²) >= 11 is 0. The minimum atomic E-state index is -0.987. The zero-order chi connectivity index (χ0) is 54.0. The fourth-order valence-corrected chi connectivity index (χ4v) is 12.5. The fraction of sp³-hybridized carbons (Fsp3) is 0.525. The number of piperidine rings is 2. The quantitative estimate of drug-likeness (QED) is 0.0762. The first-order valence-electron chi connectivity index (χ1n) is 27.4. The van der Waals surface area contributed by atoms with E-state index in [9.17, 15) is 19.5 Å². The van der Waals surface area contributed by atoms with Gasteiger partial charge in [-0.15, -0.1) is 6.42 Å². The molecule has 2 atom stereocenters. The highest BCUT2D eigenvalue weighted by Crippen LogP contribution is 2.47. The predicted octanol–water partition coefficient (Wildman–Crippen LogP) is 8.19. The molecule has 1 spiro atoms. The molecule has 2 N–H and O–H groups in total. The van der Waals surface area contributed by atoms with Gasteiger partial charge in [0, 0.05) is 120 Å². The zero-order valence-corrected chi connectivity index (χ0v) is 44.8. The van der Waals surface area contributed by atoms with Crippen LogP contribution in [0.2, 0.25) is 0 Å². The second kappa shape index (κ2) is 22.8. The number of hydrogen-bond donors (Lipinski definition) is 2. The molecular weight excluding hydrogens is 985 g/mol. The number of urea groups is 1. The number of rotatable bonds is 15. The first-order chi connectivity index (χ1) is 37.1. The molecule has 4 aliphatic heterocycles. The van der Waals surface area contributed by atoms with Gasteiger partial charge in [0.05, 0.1) is 23.2 Å². The maximum atomic E-state index is 17.3. The van der Waals surface area contributed by atoms with Crippen LogP contribution < -0.4 is 24.6 Å². The van der Waals surface area contributed by atoms with Crippen molar-refractivity contribution in [2.75, 3.05) is 102 Å². The van der Waals surface area contributed by atoms with Crippen LogP contribution in [0.25, 0.3) is 32.9 Å². The summed E-state index contributed by atoms with van der Waals surface area (Å²) in [6.07, 6.45) is 16.4. The second-order valence-electron chi connectivity index (χ2n) is 22.4. The van der Waals surface area contributed by atoms with E-state index in [1.54, 1.807) is 30.0 Å². The Morgan fingerprint density at radius 3 is 2.43 bits per heavy atom. The Hall–Kier alpha value is -6.52. The van der Waals surface area contributed by atoms with E-state index < -0.39 is 23.3 Å². The summed E-state index contributed by atoms with van der Waals surface area (Å²) in [5.74, 6) is 2.29. The van der Waals surface area contributed by atoms with Crippen molar-refractivity contribution in [3.05, 3.63) is 77.0 Å². The smallest absolute Gasteiger partial charge is 0.328 e. The molecule has 0 unspecified atom stereocenters. The lowest BCUT2D eigenvalue weighted by molar-refractivity contribution is -0.120. The van der Waals surface area contributed by atoms with Crippen LogP contribution in [0.4, 0.5) is 25.1 Å². The topological polar surface area (TPSA) is 166 Å². The molecule has 0 radical (unpaired) electrons. The van der Waals surface area contributed by atoms with Gasteiger partial charge >= 0.3 is 12.0 Å². The Morgan fingerprint density at radius 2 is 1.71 bits per heavy atom. The normalized spacial score (nSPS) is 21.1. The molecule has 18 heteroatoms. The van der Waals surface area contributed by atoms with E-state index in [1.165, 1.54) is 45.1 Å². The van der Waals surface area contributed by atoms with E-state index in [4.69, 9.17) is 25.6 Å². The highest BCUT2D eigenvalue weighted by Gasteiger charge is 2.40. The van der Waals surface area contributed by atoms with Crippen molar-refractivity contribution in [2.45, 2.75) is 90.6 Å². The second-order valence-corrected chi connectivity index (χ2v) is 22.4. The highest BCUT2D eigenvalue weighted by atomic mass is 19.1. The summed E-state index contributed by atoms with van der Waals surface area (Å²) in [5, 5.41) is 14.7. The van der Waals surface area contributed by atoms with Crippen LogP contribution in [0, 0.1) is 41.2 Å². The molecular formula is C59H71F2N9O7. The molecule has 5 aromatic rings. The van der Waals surface area contributed by atoms with Crippen molar-refractivity contribution < 1.29 is 42.5 Å². The lowest BCUT2D eigenvalue weighted by Gasteiger charge is -2.47. The van der Waals surface area contributed by atoms with Gasteiger partial charge in [-0.25, -0.2) is 13.6 Å². The number of fused-ring (bicyclic) bond motifs is 2. The van der Waals surface area contributed by atoms with Crippen LogP contribution in [0.5, 0.6) is 11.8 Å². The molecule has 2 aromatic heterocycles. The van der Waals surface area contributed by atoms with Gasteiger partial charge in [-0.05, 0) is 117 Å². The van der Waals surface area contributed by atoms with Crippen molar-refractivity contribution in [2.24, 2.45) is 17.3 Å². The van der Waals surface area contributed by atoms with Crippen molar-refractivity contribution in [3.63, 3.8) is 0 Å². The van der Waals surface area contributed by atoms with Crippen LogP contribution in [-0.2, 0) is 16.0 Å². The molecule has 6 heterocycles. The molecule has 1 saturated carbocycles. The lowest BCUT2D eigenvalue weighted by atomic mass is 9.65. The number of imide groups is 1. The summed E-state index contributed by atoms with van der Waals surface area (Å²) in [5.41, 5.74) is 1.61. The summed E-state index contributed by atoms with van der Waals surface area (Å²) in [6.45, 7) is 14.6. The molecule has 16 nitrogen and oxygen atoms in total. The molecule has 0 bridgehead atoms. The van der Waals surface area contributed by atoms with Crippen molar-refractivity contribution >= 4 is 51.0 Å². The molecule has 10 rings (SSSR count). The first-order valence-corrected chi connectivity index (χ1v) is 27.4. The van der Waals surface area contributed by atoms with Crippen molar-refractivity contribution in [1.82, 2.24) is 35.0 Å². The van der Waals surface area contributed by atoms with Gasteiger partial charge in [0.25, 0.3) is 5.91 Å². The largest absolute Gasteiger partial charge is 0.468 e. The number of likely N-dealkylation sites (tertiary alicyclic amines) is 1. The number of aliphatic hydroxyl groups is 1. The Balaban J connectivity index is 0.741. The molecule has 4 amide bonds. The fourth-order valence-electron chi connectivity index (χ4n) is 12.5. The highest BCUT2D eigenvalue weighted by molar-refractivity contribution is 6.07. The van der Waals surface area contributed by atoms with Crippen molar-refractivity contribution in [1.29, 1.82) is 0 Å². The number of anilines is 2. The zero-order valence-electron chi connectivity index (χ0n) is 44.8. The molecule has 1 aliphatic carbocycles. The average Bonchev–Trinajstić information content (AvgIpc) is 3.47. The number of terminal acetylenes is 1. The maximum Gasteiger partial charge on any atom is 0.328 e. The van der Waals surface area contributed by atoms with Crippen LogP contribution in [0.15, 0.2) is 48.7 Å². The number of aromatic nitrogens is 3. The van der Waals surface area contributed by atoms with E-state index in [0.29, 0.717) is 83.9 Å². The SMILES string of the molecule is C#Cc1c(F)ccc2cc(OCOC)cc(-c3ncc4c(N5CCC[C@@](C)(O)C5)nc(OC[C@H](C)CN5CCN(CC6CCC7(CC6)CCN(C(=O)c6ccc(CC)c(N8CCC(=O)NC8=O)c6)CC7)CC5)nc4c3F)c12. The predicted molar refractivity (Wildman–Crippen MR) is 291 cm³/mol. The number of piperazine rings is 1. The Bertz CT molecular complexity index is 3070. The number of nitrogens with zero attached hydrogens (tertiary/aromatic N) is 8. The molecule has 408 valence electrons. The maximum absolute atomic E-state index is 17.3. The number of β-amino-alcohol motifs (C(OH)–C–C–N with tert-alkyl or cyclic N) is 1. The number of benzene rings is 3. The van der Waals surface area contributed by atoms with Gasteiger partial charge in [-0.2, -0.15) is 9.97 Å². The standard InChI is InChI=1S/C59H71F2N9O7/c1-6-40-9-10-42(30-48(40)70-22-15-49(71)63-57(70)73)55(72)68-23-19-59(20-24-68)17-13-39(14-18-59)34-67-27-25-66(26-28-67)33-38(3)35-76-56-64-53-46(54(65-56)69-21-8-16-58(4,74)36-69)32-62-52(51(53)61)45-31-43(77-37-75-5)29-41-11-12-47(60)44(7-2)50(41)45/h2,9-12,29-32,38-39,74H,6,8,13-28,33-37H2,1,3-5H3,(H,63,71,73)/t38-,58-/m1/s1. The number of nitrogens with one attached hydrogen (secondary N) is 1. The number of carbonyl (C=O) groups excluding carboxylic acids is 3. The number of halogens is 2. The number of hydrogen-bond acceptors (Lipinski definition) is 13. The summed E-state index contributed by atoms with van der Waals surface area (Å²) < 4.78 is 49.8. The Morgan fingerprint density at radius 1 is 0.948 bits per heavy atom. The van der Waals surface area contributed by atoms with Gasteiger partial charge in [0.1, 0.15) is 28.6 Å². The Kier molecular flexibility index (Phi) is 16.0. The minimum Gasteiger partial charge on any atom is -0.468 e. The van der Waals surface area contributed by atoms with Crippen LogP contribution in [0.3, 0.4) is 0 Å². The third kappa shape index (κ3) is 11.7. The molecule has 77 heavy (non-hydrogen) atoms. The van der Waals surface area contributed by atoms with Gasteiger partial charge in [-0.1, -0.05) is 31.9 Å². The molecule has 3 aromatic carbocycles. The van der Waals surface area contributed by atoms with E-state index in [-0.39, 0.29) is 71.3 Å². The minimum absolute atomic E-state index is 0.00193. The summed E-state index contributed by atoms with van der Waals surface area (Å²) in [6, 6.07) is 11.3.